The zero-order chi connectivity index (χ0) is 54.0. The van der Waals surface area contributed by atoms with E-state index in [1.165, 1.54) is 4.57 Å². The third-order valence-electron chi connectivity index (χ3n) is 9.91. The van der Waals surface area contributed by atoms with Crippen molar-refractivity contribution in [2.45, 2.75) is 0 Å². The number of rotatable bonds is 5. The molecule has 5 heteroatoms. The van der Waals surface area contributed by atoms with Crippen LogP contribution >= 0.6 is 11.3 Å². The first kappa shape index (κ1) is 18.5. The summed E-state index contributed by atoms with van der Waals surface area (Å²) in [5.41, 5.74) is -0.404. The third kappa shape index (κ3) is 4.99. The quantitative estimate of drug-likeness (QED) is 0.175. The molecule has 4 aromatic heterocycles. The smallest absolute Gasteiger partial charge is 0.160 e. The first-order valence-electron chi connectivity index (χ1n) is 27.2. The molecule has 0 aliphatic heterocycles. The van der Waals surface area contributed by atoms with Gasteiger partial charge in [0.15, 0.2) is 5.82 Å². The summed E-state index contributed by atoms with van der Waals surface area (Å²) in [6, 6.07) is 9.95. The maximum Gasteiger partial charge on any atom is 0.160 e. The van der Waals surface area contributed by atoms with E-state index in [-0.39, 0.29) is 33.3 Å². The van der Waals surface area contributed by atoms with Gasteiger partial charge in [-0.3, -0.25) is 0 Å². The average molecular weight is 764 g/mol. The molecule has 0 fully saturated rings. The fourth-order valence-corrected chi connectivity index (χ4v) is 8.56. The second-order valence-corrected chi connectivity index (χ2v) is 14.2. The monoisotopic (exact) mass is 763 g/mol. The number of benzene rings is 8. The van der Waals surface area contributed by atoms with Crippen molar-refractivity contribution in [3.05, 3.63) is 194 Å². The van der Waals surface area contributed by atoms with E-state index in [9.17, 15) is 11.0 Å². The maximum absolute atomic E-state index is 10.1. The molecule has 0 aliphatic carbocycles. The molecule has 12 rings (SSSR count). The van der Waals surface area contributed by atoms with Gasteiger partial charge in [0.05, 0.1) is 64.0 Å². The van der Waals surface area contributed by atoms with Crippen molar-refractivity contribution in [2.75, 3.05) is 0 Å². The zero-order valence-corrected chi connectivity index (χ0v) is 30.0. The first-order valence-corrected chi connectivity index (χ1v) is 18.5. The number of aromatic nitrogens is 4. The molecule has 4 heterocycles. The zero-order valence-electron chi connectivity index (χ0n) is 48.2. The minimum atomic E-state index is -0.860. The molecular weight excluding hydrogens is 713 g/mol. The lowest BCUT2D eigenvalue weighted by molar-refractivity contribution is 1.17. The van der Waals surface area contributed by atoms with Crippen molar-refractivity contribution < 1.29 is 26.0 Å². The highest BCUT2D eigenvalue weighted by Crippen LogP contribution is 2.41. The standard InChI is InChI=1S/C52H32N4S/c1-3-14-33(15-4-1)49-51-50(42-22-9-12-25-48(42)57-51)54-52(53-49)36-16-13-19-38(30-36)56-44-23-10-7-20-39(44)41-28-26-35(32-47(41)56)34-27-29-46-43(31-34)40-21-8-11-24-45(40)55(46)37-17-5-2-6-18-37/h1-32H/i2D,5D,6D,7D,8D,10D,11D,17D,18D,20D,21D,23D,24D,26D,27D,28D,29D,31D,32D. The van der Waals surface area contributed by atoms with Crippen LogP contribution in [0.5, 0.6) is 0 Å². The van der Waals surface area contributed by atoms with Crippen molar-refractivity contribution in [3.63, 3.8) is 0 Å². The van der Waals surface area contributed by atoms with Gasteiger partial charge in [0.2, 0.25) is 0 Å². The number of para-hydroxylation sites is 3. The second-order valence-electron chi connectivity index (χ2n) is 13.1. The minimum Gasteiger partial charge on any atom is -0.309 e. The summed E-state index contributed by atoms with van der Waals surface area (Å²) in [5, 5.41) is -0.428. The topological polar surface area (TPSA) is 35.6 Å². The molecule has 0 radical (unpaired) electrons. The van der Waals surface area contributed by atoms with Crippen molar-refractivity contribution >= 4 is 75.3 Å². The Morgan fingerprint density at radius 3 is 1.93 bits per heavy atom. The van der Waals surface area contributed by atoms with E-state index in [1.54, 1.807) is 35.6 Å². The van der Waals surface area contributed by atoms with E-state index in [0.29, 0.717) is 16.8 Å². The molecule has 0 saturated heterocycles. The van der Waals surface area contributed by atoms with Crippen molar-refractivity contribution in [1.29, 1.82) is 0 Å². The van der Waals surface area contributed by atoms with Crippen LogP contribution < -0.4 is 0 Å². The molecule has 0 saturated carbocycles. The molecule has 4 nitrogen and oxygen atoms in total. The molecule has 0 spiro atoms. The normalized spacial score (nSPS) is 16.5. The molecule has 0 bridgehead atoms. The summed E-state index contributed by atoms with van der Waals surface area (Å²) < 4.78 is 177. The van der Waals surface area contributed by atoms with E-state index in [1.807, 2.05) is 54.6 Å². The van der Waals surface area contributed by atoms with Crippen molar-refractivity contribution in [1.82, 2.24) is 19.1 Å². The predicted molar refractivity (Wildman–Crippen MR) is 240 cm³/mol. The van der Waals surface area contributed by atoms with Crippen molar-refractivity contribution in [3.8, 4) is 45.1 Å². The Hall–Kier alpha value is -7.34. The Bertz CT molecular complexity index is 4620. The van der Waals surface area contributed by atoms with Gasteiger partial charge in [-0.2, -0.15) is 0 Å². The van der Waals surface area contributed by atoms with E-state index in [4.69, 9.17) is 25.0 Å². The van der Waals surface area contributed by atoms with Crippen molar-refractivity contribution in [2.24, 2.45) is 0 Å². The SMILES string of the molecule is [2H]c1c([2H])c([2H])c(-n2c3c([2H])c([2H])c([2H])c([2H])c3c3c([2H])c(-c4c([2H])c([2H])c5c6c([2H])c([2H])c([2H])c([2H])c6n(-c6cccc(-c7nc(-c8ccccc8)c8sc9ccccc9c8n7)c6)c5c4[2H])c([2H])c([2H])c32)c([2H])c1[2H]. The highest BCUT2D eigenvalue weighted by atomic mass is 32.1. The highest BCUT2D eigenvalue weighted by molar-refractivity contribution is 7.26. The molecule has 0 amide bonds. The van der Waals surface area contributed by atoms with Gasteiger partial charge in [0.25, 0.3) is 0 Å². The second kappa shape index (κ2) is 12.6. The first-order chi connectivity index (χ1) is 36.2. The van der Waals surface area contributed by atoms with E-state index >= 15 is 0 Å². The largest absolute Gasteiger partial charge is 0.309 e. The Morgan fingerprint density at radius 2 is 1.09 bits per heavy atom. The fourth-order valence-electron chi connectivity index (χ4n) is 7.41. The van der Waals surface area contributed by atoms with Crippen LogP contribution in [0.2, 0.25) is 0 Å². The van der Waals surface area contributed by atoms with Gasteiger partial charge in [0, 0.05) is 54.1 Å². The summed E-state index contributed by atoms with van der Waals surface area (Å²) in [7, 11) is 0. The highest BCUT2D eigenvalue weighted by Gasteiger charge is 2.19. The van der Waals surface area contributed by atoms with Crippen LogP contribution in [0.25, 0.3) is 109 Å². The average Bonchev–Trinajstić information content (AvgIpc) is 4.20. The molecule has 0 aliphatic rings. The lowest BCUT2D eigenvalue weighted by Crippen LogP contribution is -1.97. The summed E-state index contributed by atoms with van der Waals surface area (Å²) in [4.78, 5) is 10.2. The lowest BCUT2D eigenvalue weighted by Gasteiger charge is -2.12. The van der Waals surface area contributed by atoms with Gasteiger partial charge in [0.1, 0.15) is 0 Å². The molecule has 0 N–H and O–H groups in total. The van der Waals surface area contributed by atoms with E-state index < -0.39 is 153 Å². The Labute approximate surface area is 358 Å². The summed E-state index contributed by atoms with van der Waals surface area (Å²) in [6.45, 7) is 0. The molecule has 12 aromatic rings. The Kier molecular flexibility index (Phi) is 4.10. The van der Waals surface area contributed by atoms with Crippen LogP contribution in [0.3, 0.4) is 0 Å². The molecule has 0 atom stereocenters. The van der Waals surface area contributed by atoms with Gasteiger partial charge >= 0.3 is 0 Å². The minimum absolute atomic E-state index is 0.173. The van der Waals surface area contributed by atoms with Crippen LogP contribution in [-0.2, 0) is 0 Å². The lowest BCUT2D eigenvalue weighted by atomic mass is 10.0. The van der Waals surface area contributed by atoms with Gasteiger partial charge in [-0.05, 0) is 71.6 Å². The van der Waals surface area contributed by atoms with E-state index in [0.717, 1.165) is 24.9 Å². The Balaban J connectivity index is 1.20. The molecular formula is C52H32N4S. The number of hydrogen-bond donors (Lipinski definition) is 0. The van der Waals surface area contributed by atoms with Gasteiger partial charge in [-0.25, -0.2) is 9.97 Å². The molecule has 57 heavy (non-hydrogen) atoms. The molecule has 8 aromatic carbocycles. The van der Waals surface area contributed by atoms with Crippen LogP contribution in [0.4, 0.5) is 0 Å². The van der Waals surface area contributed by atoms with E-state index in [2.05, 4.69) is 0 Å². The third-order valence-corrected chi connectivity index (χ3v) is 11.1. The molecule has 0 unspecified atom stereocenters. The summed E-state index contributed by atoms with van der Waals surface area (Å²) in [5.74, 6) is 0.288. The summed E-state index contributed by atoms with van der Waals surface area (Å²) in [6.07, 6.45) is 0. The summed E-state index contributed by atoms with van der Waals surface area (Å²) >= 11 is 1.55. The van der Waals surface area contributed by atoms with Crippen LogP contribution in [0.15, 0.2) is 194 Å². The predicted octanol–water partition coefficient (Wildman–Crippen LogP) is 14.0. The molecule has 266 valence electrons. The van der Waals surface area contributed by atoms with Crippen LogP contribution in [0, 0.1) is 0 Å². The number of thiophene rings is 1. The van der Waals surface area contributed by atoms with Gasteiger partial charge in [-0.15, -0.1) is 11.3 Å². The van der Waals surface area contributed by atoms with Crippen LogP contribution in [0.1, 0.15) is 26.0 Å². The number of nitrogens with zero attached hydrogens (tertiary/aromatic N) is 4. The fraction of sp³-hybridized carbons (Fsp3) is 0. The maximum atomic E-state index is 10.1. The number of hydrogen-bond acceptors (Lipinski definition) is 3. The van der Waals surface area contributed by atoms with Gasteiger partial charge in [-0.1, -0.05) is 133 Å². The Morgan fingerprint density at radius 1 is 0.439 bits per heavy atom. The van der Waals surface area contributed by atoms with Crippen LogP contribution in [-0.4, -0.2) is 19.1 Å². The van der Waals surface area contributed by atoms with Gasteiger partial charge < -0.3 is 9.13 Å². The number of fused-ring (bicyclic) bond motifs is 9.